The quantitative estimate of drug-likeness (QED) is 0.677. The summed E-state index contributed by atoms with van der Waals surface area (Å²) in [5.41, 5.74) is 0. The van der Waals surface area contributed by atoms with E-state index in [1.54, 1.807) is 0 Å². The second-order valence-electron chi connectivity index (χ2n) is 4.17. The van der Waals surface area contributed by atoms with Gasteiger partial charge < -0.3 is 9.64 Å². The Bertz CT molecular complexity index is 233. The van der Waals surface area contributed by atoms with Gasteiger partial charge in [-0.25, -0.2) is 4.79 Å². The molecule has 1 aliphatic heterocycles. The Hall–Kier alpha value is -0.710. The molecule has 1 aliphatic rings. The SMILES string of the molecule is COC(=O)C(F)(F)CC1CCCN(C)C1. The minimum atomic E-state index is -3.34. The molecule has 0 spiro atoms. The van der Waals surface area contributed by atoms with Crippen molar-refractivity contribution in [2.45, 2.75) is 25.2 Å². The number of piperidine rings is 1. The van der Waals surface area contributed by atoms with E-state index in [4.69, 9.17) is 0 Å². The highest BCUT2D eigenvalue weighted by molar-refractivity contribution is 5.77. The smallest absolute Gasteiger partial charge is 0.376 e. The fourth-order valence-electron chi connectivity index (χ4n) is 2.04. The zero-order valence-electron chi connectivity index (χ0n) is 9.13. The van der Waals surface area contributed by atoms with E-state index in [-0.39, 0.29) is 5.92 Å². The van der Waals surface area contributed by atoms with Gasteiger partial charge in [0.2, 0.25) is 0 Å². The van der Waals surface area contributed by atoms with Crippen LogP contribution in [-0.4, -0.2) is 44.0 Å². The van der Waals surface area contributed by atoms with Gasteiger partial charge in [0.25, 0.3) is 0 Å². The van der Waals surface area contributed by atoms with Crippen LogP contribution in [0.4, 0.5) is 8.78 Å². The topological polar surface area (TPSA) is 29.5 Å². The van der Waals surface area contributed by atoms with Crippen LogP contribution in [-0.2, 0) is 9.53 Å². The normalized spacial score (nSPS) is 23.9. The average molecular weight is 221 g/mol. The monoisotopic (exact) mass is 221 g/mol. The fraction of sp³-hybridized carbons (Fsp3) is 0.900. The van der Waals surface area contributed by atoms with Crippen LogP contribution in [0, 0.1) is 5.92 Å². The predicted octanol–water partition coefficient (Wildman–Crippen LogP) is 1.53. The van der Waals surface area contributed by atoms with E-state index in [0.29, 0.717) is 6.54 Å². The van der Waals surface area contributed by atoms with Crippen molar-refractivity contribution in [3.05, 3.63) is 0 Å². The summed E-state index contributed by atoms with van der Waals surface area (Å²) in [6.45, 7) is 1.58. The molecule has 1 rings (SSSR count). The highest BCUT2D eigenvalue weighted by atomic mass is 19.3. The lowest BCUT2D eigenvalue weighted by Crippen LogP contribution is -2.38. The van der Waals surface area contributed by atoms with Gasteiger partial charge in [-0.2, -0.15) is 8.78 Å². The number of nitrogens with zero attached hydrogens (tertiary/aromatic N) is 1. The molecule has 1 atom stereocenters. The first-order valence-corrected chi connectivity index (χ1v) is 5.10. The number of ether oxygens (including phenoxy) is 1. The molecule has 1 fully saturated rings. The maximum atomic E-state index is 13.2. The van der Waals surface area contributed by atoms with Gasteiger partial charge in [-0.3, -0.25) is 0 Å². The highest BCUT2D eigenvalue weighted by Crippen LogP contribution is 2.29. The standard InChI is InChI=1S/C10H17F2NO2/c1-13-5-3-4-8(7-13)6-10(11,12)9(14)15-2/h8H,3-7H2,1-2H3. The Kier molecular flexibility index (Phi) is 4.02. The molecule has 5 heteroatoms. The van der Waals surface area contributed by atoms with E-state index < -0.39 is 18.3 Å². The van der Waals surface area contributed by atoms with E-state index in [1.807, 2.05) is 11.9 Å². The lowest BCUT2D eigenvalue weighted by atomic mass is 9.92. The molecule has 88 valence electrons. The minimum absolute atomic E-state index is 0.113. The summed E-state index contributed by atoms with van der Waals surface area (Å²) in [4.78, 5) is 12.8. The summed E-state index contributed by atoms with van der Waals surface area (Å²) in [5, 5.41) is 0. The van der Waals surface area contributed by atoms with Gasteiger partial charge in [0.05, 0.1) is 7.11 Å². The number of likely N-dealkylation sites (tertiary alicyclic amines) is 1. The molecule has 1 unspecified atom stereocenters. The Morgan fingerprint density at radius 3 is 2.80 bits per heavy atom. The highest BCUT2D eigenvalue weighted by Gasteiger charge is 2.42. The summed E-state index contributed by atoms with van der Waals surface area (Å²) in [6.07, 6.45) is 1.28. The summed E-state index contributed by atoms with van der Waals surface area (Å²) < 4.78 is 30.6. The molecular weight excluding hydrogens is 204 g/mol. The number of carbonyl (C=O) groups excluding carboxylic acids is 1. The molecule has 0 aromatic heterocycles. The number of hydrogen-bond donors (Lipinski definition) is 0. The van der Waals surface area contributed by atoms with E-state index in [9.17, 15) is 13.6 Å². The number of methoxy groups -OCH3 is 1. The van der Waals surface area contributed by atoms with Crippen molar-refractivity contribution in [3.8, 4) is 0 Å². The lowest BCUT2D eigenvalue weighted by Gasteiger charge is -2.31. The zero-order chi connectivity index (χ0) is 11.5. The second kappa shape index (κ2) is 4.88. The zero-order valence-corrected chi connectivity index (χ0v) is 9.13. The van der Waals surface area contributed by atoms with Crippen molar-refractivity contribution in [2.24, 2.45) is 5.92 Å². The Labute approximate surface area is 88.4 Å². The first kappa shape index (κ1) is 12.4. The van der Waals surface area contributed by atoms with E-state index in [1.165, 1.54) is 0 Å². The van der Waals surface area contributed by atoms with Crippen molar-refractivity contribution < 1.29 is 18.3 Å². The average Bonchev–Trinajstić information content (AvgIpc) is 2.15. The lowest BCUT2D eigenvalue weighted by molar-refractivity contribution is -0.171. The van der Waals surface area contributed by atoms with Gasteiger partial charge >= 0.3 is 11.9 Å². The maximum absolute atomic E-state index is 13.2. The van der Waals surface area contributed by atoms with Crippen LogP contribution in [0.5, 0.6) is 0 Å². The minimum Gasteiger partial charge on any atom is -0.465 e. The molecule has 0 aliphatic carbocycles. The number of esters is 1. The molecule has 0 bridgehead atoms. The number of rotatable bonds is 3. The molecule has 15 heavy (non-hydrogen) atoms. The molecule has 0 radical (unpaired) electrons. The second-order valence-corrected chi connectivity index (χ2v) is 4.17. The van der Waals surface area contributed by atoms with Crippen LogP contribution in [0.2, 0.25) is 0 Å². The van der Waals surface area contributed by atoms with Gasteiger partial charge in [0.15, 0.2) is 0 Å². The molecule has 0 aromatic carbocycles. The molecule has 0 amide bonds. The maximum Gasteiger partial charge on any atom is 0.376 e. The van der Waals surface area contributed by atoms with Crippen LogP contribution in [0.3, 0.4) is 0 Å². The summed E-state index contributed by atoms with van der Waals surface area (Å²) in [7, 11) is 2.89. The van der Waals surface area contributed by atoms with Crippen molar-refractivity contribution in [2.75, 3.05) is 27.2 Å². The molecule has 1 heterocycles. The Morgan fingerprint density at radius 2 is 2.27 bits per heavy atom. The summed E-state index contributed by atoms with van der Waals surface area (Å²) in [6, 6.07) is 0. The van der Waals surface area contributed by atoms with Crippen LogP contribution >= 0.6 is 0 Å². The van der Waals surface area contributed by atoms with Crippen LogP contribution in [0.15, 0.2) is 0 Å². The largest absolute Gasteiger partial charge is 0.465 e. The Morgan fingerprint density at radius 1 is 1.60 bits per heavy atom. The van der Waals surface area contributed by atoms with Crippen molar-refractivity contribution in [1.29, 1.82) is 0 Å². The van der Waals surface area contributed by atoms with Crippen LogP contribution in [0.1, 0.15) is 19.3 Å². The summed E-state index contributed by atoms with van der Waals surface area (Å²) >= 11 is 0. The molecule has 0 aromatic rings. The van der Waals surface area contributed by atoms with Crippen molar-refractivity contribution >= 4 is 5.97 Å². The van der Waals surface area contributed by atoms with Crippen LogP contribution in [0.25, 0.3) is 0 Å². The van der Waals surface area contributed by atoms with Gasteiger partial charge in [0.1, 0.15) is 0 Å². The Balaban J connectivity index is 2.49. The number of alkyl halides is 2. The third-order valence-electron chi connectivity index (χ3n) is 2.75. The van der Waals surface area contributed by atoms with E-state index in [2.05, 4.69) is 4.74 Å². The molecule has 0 saturated carbocycles. The van der Waals surface area contributed by atoms with Crippen molar-refractivity contribution in [1.82, 2.24) is 4.90 Å². The van der Waals surface area contributed by atoms with E-state index >= 15 is 0 Å². The molecule has 3 nitrogen and oxygen atoms in total. The third-order valence-corrected chi connectivity index (χ3v) is 2.75. The van der Waals surface area contributed by atoms with Crippen LogP contribution < -0.4 is 0 Å². The third kappa shape index (κ3) is 3.41. The molecule has 0 N–H and O–H groups in total. The van der Waals surface area contributed by atoms with Gasteiger partial charge in [-0.15, -0.1) is 0 Å². The van der Waals surface area contributed by atoms with E-state index in [0.717, 1.165) is 26.5 Å². The number of carbonyl (C=O) groups is 1. The fourth-order valence-corrected chi connectivity index (χ4v) is 2.04. The number of halogens is 2. The van der Waals surface area contributed by atoms with Gasteiger partial charge in [0, 0.05) is 13.0 Å². The first-order valence-electron chi connectivity index (χ1n) is 5.10. The van der Waals surface area contributed by atoms with Crippen molar-refractivity contribution in [3.63, 3.8) is 0 Å². The first-order chi connectivity index (χ1) is 6.95. The summed E-state index contributed by atoms with van der Waals surface area (Å²) in [5.74, 6) is -4.87. The van der Waals surface area contributed by atoms with Gasteiger partial charge in [-0.05, 0) is 32.4 Å². The number of hydrogen-bond acceptors (Lipinski definition) is 3. The molecular formula is C10H17F2NO2. The molecule has 1 saturated heterocycles. The predicted molar refractivity (Wildman–Crippen MR) is 51.8 cm³/mol. The van der Waals surface area contributed by atoms with Gasteiger partial charge in [-0.1, -0.05) is 0 Å².